The number of aryl methyl sites for hydroxylation is 1. The third-order valence-corrected chi connectivity index (χ3v) is 9.01. The molecule has 4 rings (SSSR count). The Labute approximate surface area is 218 Å². The number of hydrogen-bond donors (Lipinski definition) is 2. The monoisotopic (exact) mass is 570 g/mol. The Morgan fingerprint density at radius 3 is 2.71 bits per heavy atom. The van der Waals surface area contributed by atoms with Gasteiger partial charge in [0.2, 0.25) is 11.8 Å². The van der Waals surface area contributed by atoms with Gasteiger partial charge in [-0.05, 0) is 37.8 Å². The number of hydrogen-bond acceptors (Lipinski definition) is 6. The third-order valence-electron chi connectivity index (χ3n) is 7.85. The zero-order valence-corrected chi connectivity index (χ0v) is 22.6. The van der Waals surface area contributed by atoms with Crippen molar-refractivity contribution in [2.24, 2.45) is 17.8 Å². The summed E-state index contributed by atoms with van der Waals surface area (Å²) in [5.41, 5.74) is 0.00389. The van der Waals surface area contributed by atoms with Gasteiger partial charge in [-0.2, -0.15) is 0 Å². The van der Waals surface area contributed by atoms with Gasteiger partial charge in [-0.3, -0.25) is 14.4 Å². The van der Waals surface area contributed by atoms with Crippen molar-refractivity contribution in [1.29, 1.82) is 0 Å². The van der Waals surface area contributed by atoms with Crippen molar-refractivity contribution in [3.8, 4) is 0 Å². The molecule has 2 bridgehead atoms. The van der Waals surface area contributed by atoms with Crippen molar-refractivity contribution >= 4 is 51.0 Å². The van der Waals surface area contributed by atoms with E-state index in [1.165, 1.54) is 4.90 Å². The van der Waals surface area contributed by atoms with E-state index in [0.29, 0.717) is 23.6 Å². The van der Waals surface area contributed by atoms with E-state index < -0.39 is 47.5 Å². The number of nitrogens with zero attached hydrogens (tertiary/aromatic N) is 1. The van der Waals surface area contributed by atoms with E-state index >= 15 is 0 Å². The van der Waals surface area contributed by atoms with Gasteiger partial charge in [0, 0.05) is 4.83 Å². The lowest BCUT2D eigenvalue weighted by Crippen LogP contribution is -2.57. The SMILES string of the molecule is CCOC(=O)[C@H]1[C@@H]2OC3(CC2Br)C(C(=O)Nc2c(C)cccc2Cl)N([C@@H](CO)[C@@H](C)CC)C(=O)[C@H]13. The van der Waals surface area contributed by atoms with Crippen LogP contribution in [-0.2, 0) is 23.9 Å². The zero-order chi connectivity index (χ0) is 25.7. The minimum atomic E-state index is -1.23. The molecule has 2 amide bonds. The van der Waals surface area contributed by atoms with Crippen molar-refractivity contribution < 1.29 is 29.0 Å². The Bertz CT molecular complexity index is 1000. The van der Waals surface area contributed by atoms with Crippen LogP contribution in [0.3, 0.4) is 0 Å². The Balaban J connectivity index is 1.81. The number of benzene rings is 1. The molecule has 3 fully saturated rings. The third kappa shape index (κ3) is 4.08. The molecule has 8 atom stereocenters. The van der Waals surface area contributed by atoms with Gasteiger partial charge in [0.05, 0.1) is 47.9 Å². The number of carbonyl (C=O) groups excluding carboxylic acids is 3. The van der Waals surface area contributed by atoms with E-state index in [1.807, 2.05) is 26.8 Å². The largest absolute Gasteiger partial charge is 0.466 e. The van der Waals surface area contributed by atoms with Crippen LogP contribution in [0, 0.1) is 24.7 Å². The summed E-state index contributed by atoms with van der Waals surface area (Å²) in [6, 6.07) is 3.64. The number of ether oxygens (including phenoxy) is 2. The van der Waals surface area contributed by atoms with E-state index in [-0.39, 0.29) is 29.9 Å². The molecule has 2 N–H and O–H groups in total. The molecule has 3 unspecified atom stereocenters. The molecule has 3 aliphatic heterocycles. The molecule has 192 valence electrons. The molecule has 0 aliphatic carbocycles. The minimum absolute atomic E-state index is 0.0884. The Morgan fingerprint density at radius 2 is 2.11 bits per heavy atom. The van der Waals surface area contributed by atoms with E-state index in [9.17, 15) is 19.5 Å². The molecular weight excluding hydrogens is 540 g/mol. The number of nitrogens with one attached hydrogen (secondary N) is 1. The number of esters is 1. The van der Waals surface area contributed by atoms with Crippen LogP contribution in [0.1, 0.15) is 39.2 Å². The molecule has 35 heavy (non-hydrogen) atoms. The van der Waals surface area contributed by atoms with Gasteiger partial charge in [-0.1, -0.05) is 59.9 Å². The molecule has 3 heterocycles. The van der Waals surface area contributed by atoms with Crippen LogP contribution in [-0.4, -0.2) is 69.6 Å². The maximum Gasteiger partial charge on any atom is 0.312 e. The number of carbonyl (C=O) groups is 3. The molecule has 3 saturated heterocycles. The van der Waals surface area contributed by atoms with Crippen LogP contribution in [0.2, 0.25) is 5.02 Å². The first kappa shape index (κ1) is 26.4. The van der Waals surface area contributed by atoms with E-state index in [2.05, 4.69) is 21.2 Å². The molecule has 1 aromatic rings. The Kier molecular flexibility index (Phi) is 7.53. The van der Waals surface area contributed by atoms with Crippen LogP contribution in [0.25, 0.3) is 0 Å². The molecule has 0 saturated carbocycles. The molecule has 0 radical (unpaired) electrons. The summed E-state index contributed by atoms with van der Waals surface area (Å²) in [7, 11) is 0. The average molecular weight is 572 g/mol. The summed E-state index contributed by atoms with van der Waals surface area (Å²) >= 11 is 10.0. The Morgan fingerprint density at radius 1 is 1.40 bits per heavy atom. The quantitative estimate of drug-likeness (QED) is 0.367. The first-order valence-corrected chi connectivity index (χ1v) is 13.4. The second-order valence-electron chi connectivity index (χ2n) is 9.72. The van der Waals surface area contributed by atoms with Crippen LogP contribution in [0.15, 0.2) is 18.2 Å². The first-order chi connectivity index (χ1) is 16.6. The van der Waals surface area contributed by atoms with Gasteiger partial charge in [-0.15, -0.1) is 0 Å². The first-order valence-electron chi connectivity index (χ1n) is 12.1. The summed E-state index contributed by atoms with van der Waals surface area (Å²) in [6.07, 6.45) is 0.480. The van der Waals surface area contributed by atoms with Crippen molar-refractivity contribution in [3.05, 3.63) is 28.8 Å². The van der Waals surface area contributed by atoms with Gasteiger partial charge < -0.3 is 24.8 Å². The molecule has 10 heteroatoms. The highest BCUT2D eigenvalue weighted by molar-refractivity contribution is 9.09. The normalized spacial score (nSPS) is 32.9. The fourth-order valence-electron chi connectivity index (χ4n) is 6.03. The van der Waals surface area contributed by atoms with Crippen LogP contribution < -0.4 is 5.32 Å². The lowest BCUT2D eigenvalue weighted by atomic mass is 9.70. The summed E-state index contributed by atoms with van der Waals surface area (Å²) in [5, 5.41) is 13.6. The standard InChI is InChI=1S/C25H32BrClN2O6/c1-5-12(3)16(11-30)29-21(22(31)28-19-13(4)8-7-9-15(19)27)25-10-14(26)20(35-25)17(18(25)23(29)32)24(33)34-6-2/h7-9,12,14,16-18,20-21,30H,5-6,10-11H2,1-4H3,(H,28,31)/t12-,14?,16-,17+,18-,20+,21?,25?/m0/s1. The van der Waals surface area contributed by atoms with Crippen molar-refractivity contribution in [3.63, 3.8) is 0 Å². The van der Waals surface area contributed by atoms with Crippen LogP contribution >= 0.6 is 27.5 Å². The maximum atomic E-state index is 14.0. The van der Waals surface area contributed by atoms with Gasteiger partial charge in [0.15, 0.2) is 0 Å². The fourth-order valence-corrected chi connectivity index (χ4v) is 7.24. The number of halogens is 2. The van der Waals surface area contributed by atoms with Gasteiger partial charge >= 0.3 is 5.97 Å². The minimum Gasteiger partial charge on any atom is -0.466 e. The van der Waals surface area contributed by atoms with E-state index in [4.69, 9.17) is 21.1 Å². The highest BCUT2D eigenvalue weighted by Crippen LogP contribution is 2.60. The number of aliphatic hydroxyl groups excluding tert-OH is 1. The number of aliphatic hydroxyl groups is 1. The number of likely N-dealkylation sites (tertiary alicyclic amines) is 1. The molecular formula is C25H32BrClN2O6. The predicted molar refractivity (Wildman–Crippen MR) is 134 cm³/mol. The van der Waals surface area contributed by atoms with Gasteiger partial charge in [0.1, 0.15) is 11.6 Å². The predicted octanol–water partition coefficient (Wildman–Crippen LogP) is 3.31. The van der Waals surface area contributed by atoms with Crippen LogP contribution in [0.5, 0.6) is 0 Å². The lowest BCUT2D eigenvalue weighted by molar-refractivity contribution is -0.155. The highest BCUT2D eigenvalue weighted by Gasteiger charge is 2.77. The van der Waals surface area contributed by atoms with Gasteiger partial charge in [-0.25, -0.2) is 0 Å². The van der Waals surface area contributed by atoms with Gasteiger partial charge in [0.25, 0.3) is 0 Å². The van der Waals surface area contributed by atoms with Crippen molar-refractivity contribution in [2.45, 2.75) is 69.2 Å². The number of amides is 2. The second-order valence-corrected chi connectivity index (χ2v) is 11.3. The summed E-state index contributed by atoms with van der Waals surface area (Å²) < 4.78 is 11.7. The number of fused-ring (bicyclic) bond motifs is 1. The number of anilines is 1. The molecule has 1 spiro atoms. The molecule has 3 aliphatic rings. The number of rotatable bonds is 8. The summed E-state index contributed by atoms with van der Waals surface area (Å²) in [6.45, 7) is 7.30. The molecule has 8 nitrogen and oxygen atoms in total. The van der Waals surface area contributed by atoms with E-state index in [0.717, 1.165) is 5.56 Å². The fraction of sp³-hybridized carbons (Fsp3) is 0.640. The van der Waals surface area contributed by atoms with E-state index in [1.54, 1.807) is 19.1 Å². The summed E-state index contributed by atoms with van der Waals surface area (Å²) in [5.74, 6) is -3.12. The maximum absolute atomic E-state index is 14.0. The van der Waals surface area contributed by atoms with Crippen LogP contribution in [0.4, 0.5) is 5.69 Å². The topological polar surface area (TPSA) is 105 Å². The lowest BCUT2D eigenvalue weighted by Gasteiger charge is -2.38. The molecule has 0 aromatic heterocycles. The average Bonchev–Trinajstić information content (AvgIpc) is 3.40. The van der Waals surface area contributed by atoms with Crippen molar-refractivity contribution in [2.75, 3.05) is 18.5 Å². The smallest absolute Gasteiger partial charge is 0.312 e. The molecule has 1 aromatic carbocycles. The number of alkyl halides is 1. The zero-order valence-electron chi connectivity index (χ0n) is 20.3. The Hall–Kier alpha value is -1.68. The second kappa shape index (κ2) is 10.00. The number of para-hydroxylation sites is 1. The highest BCUT2D eigenvalue weighted by atomic mass is 79.9. The van der Waals surface area contributed by atoms with Crippen molar-refractivity contribution in [1.82, 2.24) is 4.90 Å². The summed E-state index contributed by atoms with van der Waals surface area (Å²) in [4.78, 5) is 42.2.